The molecule has 2 fully saturated rings. The van der Waals surface area contributed by atoms with Crippen molar-refractivity contribution in [2.45, 2.75) is 36.8 Å². The number of carbonyl (C=O) groups is 1. The van der Waals surface area contributed by atoms with Crippen LogP contribution in [0.4, 0.5) is 0 Å². The molecule has 3 N–H and O–H groups in total. The van der Waals surface area contributed by atoms with Crippen molar-refractivity contribution >= 4 is 5.91 Å². The van der Waals surface area contributed by atoms with Gasteiger partial charge in [0.2, 0.25) is 5.91 Å². The Morgan fingerprint density at radius 3 is 2.47 bits per heavy atom. The van der Waals surface area contributed by atoms with E-state index >= 15 is 0 Å². The second-order valence-corrected chi connectivity index (χ2v) is 5.79. The molecule has 1 amide bonds. The van der Waals surface area contributed by atoms with E-state index in [1.807, 2.05) is 18.2 Å². The van der Waals surface area contributed by atoms with Gasteiger partial charge in [-0.2, -0.15) is 0 Å². The third-order valence-electron chi connectivity index (χ3n) is 4.63. The van der Waals surface area contributed by atoms with Crippen LogP contribution in [0.5, 0.6) is 0 Å². The van der Waals surface area contributed by atoms with Crippen molar-refractivity contribution in [1.29, 1.82) is 0 Å². The first-order valence-corrected chi connectivity index (χ1v) is 6.91. The van der Waals surface area contributed by atoms with Crippen LogP contribution in [0.15, 0.2) is 30.3 Å². The topological polar surface area (TPSA) is 61.4 Å². The Bertz CT molecular complexity index is 464. The summed E-state index contributed by atoms with van der Waals surface area (Å²) in [5, 5.41) is 16.4. The standard InChI is InChI=1S/C15H20N2O2/c18-11-15(12-4-2-1-3-5-12)9-8-14(10-16-15)7-6-13(19)17-14/h1-5,16,18H,6-11H2,(H,17,19)/t14-,15-/m1/s1. The third kappa shape index (κ3) is 2.15. The van der Waals surface area contributed by atoms with Gasteiger partial charge in [-0.25, -0.2) is 0 Å². The molecule has 1 aromatic carbocycles. The molecule has 4 heteroatoms. The van der Waals surface area contributed by atoms with Gasteiger partial charge in [0.25, 0.3) is 0 Å². The highest BCUT2D eigenvalue weighted by atomic mass is 16.3. The number of piperidine rings is 1. The number of hydrogen-bond donors (Lipinski definition) is 3. The maximum absolute atomic E-state index is 11.4. The molecule has 0 radical (unpaired) electrons. The van der Waals surface area contributed by atoms with Crippen molar-refractivity contribution in [3.63, 3.8) is 0 Å². The van der Waals surface area contributed by atoms with Gasteiger partial charge in [0.1, 0.15) is 0 Å². The normalized spacial score (nSPS) is 34.5. The number of benzene rings is 1. The van der Waals surface area contributed by atoms with Crippen LogP contribution in [-0.2, 0) is 10.3 Å². The van der Waals surface area contributed by atoms with Gasteiger partial charge >= 0.3 is 0 Å². The molecule has 1 spiro atoms. The summed E-state index contributed by atoms with van der Waals surface area (Å²) < 4.78 is 0. The Labute approximate surface area is 113 Å². The molecule has 19 heavy (non-hydrogen) atoms. The minimum absolute atomic E-state index is 0.0844. The number of aliphatic hydroxyl groups is 1. The minimum Gasteiger partial charge on any atom is -0.394 e. The molecule has 4 nitrogen and oxygen atoms in total. The van der Waals surface area contributed by atoms with Crippen molar-refractivity contribution < 1.29 is 9.90 Å². The molecule has 0 saturated carbocycles. The van der Waals surface area contributed by atoms with E-state index in [0.717, 1.165) is 31.4 Å². The molecule has 0 aromatic heterocycles. The van der Waals surface area contributed by atoms with Gasteiger partial charge in [0.15, 0.2) is 0 Å². The first-order chi connectivity index (χ1) is 9.18. The predicted octanol–water partition coefficient (Wildman–Crippen LogP) is 0.906. The summed E-state index contributed by atoms with van der Waals surface area (Å²) in [6.45, 7) is 0.815. The van der Waals surface area contributed by atoms with Gasteiger partial charge in [-0.05, 0) is 24.8 Å². The lowest BCUT2D eigenvalue weighted by atomic mass is 9.76. The predicted molar refractivity (Wildman–Crippen MR) is 72.6 cm³/mol. The van der Waals surface area contributed by atoms with Gasteiger partial charge in [-0.1, -0.05) is 30.3 Å². The van der Waals surface area contributed by atoms with Gasteiger partial charge < -0.3 is 15.7 Å². The fraction of sp³-hybridized carbons (Fsp3) is 0.533. The van der Waals surface area contributed by atoms with Crippen LogP contribution in [0.2, 0.25) is 0 Å². The highest BCUT2D eigenvalue weighted by Crippen LogP contribution is 2.37. The number of amides is 1. The summed E-state index contributed by atoms with van der Waals surface area (Å²) in [7, 11) is 0. The quantitative estimate of drug-likeness (QED) is 0.740. The van der Waals surface area contributed by atoms with Crippen LogP contribution in [0, 0.1) is 0 Å². The molecule has 3 rings (SSSR count). The average molecular weight is 260 g/mol. The first kappa shape index (κ1) is 12.6. The summed E-state index contributed by atoms with van der Waals surface area (Å²) in [5.41, 5.74) is 0.668. The number of hydrogen-bond acceptors (Lipinski definition) is 3. The van der Waals surface area contributed by atoms with E-state index in [1.165, 1.54) is 0 Å². The summed E-state index contributed by atoms with van der Waals surface area (Å²) >= 11 is 0. The summed E-state index contributed by atoms with van der Waals surface area (Å²) in [4.78, 5) is 11.4. The van der Waals surface area contributed by atoms with Crippen molar-refractivity contribution in [3.8, 4) is 0 Å². The largest absolute Gasteiger partial charge is 0.394 e. The first-order valence-electron chi connectivity index (χ1n) is 6.91. The van der Waals surface area contributed by atoms with Crippen LogP contribution >= 0.6 is 0 Å². The van der Waals surface area contributed by atoms with Crippen molar-refractivity contribution in [2.75, 3.05) is 13.2 Å². The number of aliphatic hydroxyl groups excluding tert-OH is 1. The van der Waals surface area contributed by atoms with Crippen molar-refractivity contribution in [3.05, 3.63) is 35.9 Å². The Kier molecular flexibility index (Phi) is 3.07. The van der Waals surface area contributed by atoms with Crippen LogP contribution < -0.4 is 10.6 Å². The molecule has 0 aliphatic carbocycles. The smallest absolute Gasteiger partial charge is 0.220 e. The fourth-order valence-corrected chi connectivity index (χ4v) is 3.29. The van der Waals surface area contributed by atoms with Crippen molar-refractivity contribution in [2.24, 2.45) is 0 Å². The SMILES string of the molecule is O=C1CC[C@]2(CC[C@@](CO)(c3ccccc3)NC2)N1. The van der Waals surface area contributed by atoms with Crippen LogP contribution in [-0.4, -0.2) is 29.7 Å². The monoisotopic (exact) mass is 260 g/mol. The van der Waals surface area contributed by atoms with Crippen molar-refractivity contribution in [1.82, 2.24) is 10.6 Å². The Morgan fingerprint density at radius 1 is 1.16 bits per heavy atom. The lowest BCUT2D eigenvalue weighted by Gasteiger charge is -2.45. The van der Waals surface area contributed by atoms with E-state index in [9.17, 15) is 9.90 Å². The molecule has 102 valence electrons. The van der Waals surface area contributed by atoms with Crippen LogP contribution in [0.3, 0.4) is 0 Å². The number of rotatable bonds is 2. The fourth-order valence-electron chi connectivity index (χ4n) is 3.29. The Balaban J connectivity index is 1.79. The van der Waals surface area contributed by atoms with Gasteiger partial charge in [-0.15, -0.1) is 0 Å². The lowest BCUT2D eigenvalue weighted by molar-refractivity contribution is -0.120. The Hall–Kier alpha value is -1.39. The van der Waals surface area contributed by atoms with E-state index in [1.54, 1.807) is 0 Å². The zero-order valence-electron chi connectivity index (χ0n) is 11.0. The molecular weight excluding hydrogens is 240 g/mol. The second-order valence-electron chi connectivity index (χ2n) is 5.79. The highest BCUT2D eigenvalue weighted by Gasteiger charge is 2.46. The van der Waals surface area contributed by atoms with Gasteiger partial charge in [-0.3, -0.25) is 4.79 Å². The lowest BCUT2D eigenvalue weighted by Crippen LogP contribution is -2.61. The number of nitrogens with one attached hydrogen (secondary N) is 2. The summed E-state index contributed by atoms with van der Waals surface area (Å²) in [6.07, 6.45) is 3.28. The maximum Gasteiger partial charge on any atom is 0.220 e. The Morgan fingerprint density at radius 2 is 1.95 bits per heavy atom. The zero-order chi connectivity index (χ0) is 13.3. The molecule has 2 heterocycles. The minimum atomic E-state index is -0.361. The second kappa shape index (κ2) is 4.62. The maximum atomic E-state index is 11.4. The van der Waals surface area contributed by atoms with Gasteiger partial charge in [0.05, 0.1) is 17.7 Å². The molecule has 2 aliphatic rings. The molecular formula is C15H20N2O2. The van der Waals surface area contributed by atoms with E-state index in [4.69, 9.17) is 0 Å². The molecule has 2 saturated heterocycles. The summed E-state index contributed by atoms with van der Waals surface area (Å²) in [5.74, 6) is 0.151. The van der Waals surface area contributed by atoms with E-state index in [0.29, 0.717) is 6.42 Å². The molecule has 2 aliphatic heterocycles. The highest BCUT2D eigenvalue weighted by molar-refractivity contribution is 5.79. The third-order valence-corrected chi connectivity index (χ3v) is 4.63. The van der Waals surface area contributed by atoms with E-state index in [-0.39, 0.29) is 23.6 Å². The average Bonchev–Trinajstić information content (AvgIpc) is 2.83. The van der Waals surface area contributed by atoms with Gasteiger partial charge in [0, 0.05) is 13.0 Å². The van der Waals surface area contributed by atoms with Crippen LogP contribution in [0.25, 0.3) is 0 Å². The number of carbonyl (C=O) groups excluding carboxylic acids is 1. The molecule has 2 atom stereocenters. The molecule has 0 unspecified atom stereocenters. The molecule has 1 aromatic rings. The molecule has 0 bridgehead atoms. The summed E-state index contributed by atoms with van der Waals surface area (Å²) in [6, 6.07) is 10.1. The van der Waals surface area contributed by atoms with Crippen LogP contribution in [0.1, 0.15) is 31.2 Å². The van der Waals surface area contributed by atoms with E-state index in [2.05, 4.69) is 22.8 Å². The zero-order valence-corrected chi connectivity index (χ0v) is 11.0. The van der Waals surface area contributed by atoms with E-state index < -0.39 is 0 Å².